The minimum absolute atomic E-state index is 0.288. The van der Waals surface area contributed by atoms with Gasteiger partial charge in [0.25, 0.3) is 0 Å². The predicted octanol–water partition coefficient (Wildman–Crippen LogP) is 2.88. The molecule has 114 valence electrons. The van der Waals surface area contributed by atoms with E-state index in [1.165, 1.54) is 0 Å². The van der Waals surface area contributed by atoms with E-state index in [0.717, 1.165) is 24.2 Å². The maximum atomic E-state index is 11.1. The summed E-state index contributed by atoms with van der Waals surface area (Å²) in [7, 11) is 0. The van der Waals surface area contributed by atoms with Gasteiger partial charge in [-0.1, -0.05) is 20.8 Å². The minimum Gasteiger partial charge on any atom is -0.486 e. The van der Waals surface area contributed by atoms with Crippen LogP contribution >= 0.6 is 0 Å². The van der Waals surface area contributed by atoms with Crippen LogP contribution in [0.15, 0.2) is 18.2 Å². The van der Waals surface area contributed by atoms with Gasteiger partial charge < -0.3 is 14.9 Å². The van der Waals surface area contributed by atoms with Crippen molar-refractivity contribution in [2.75, 3.05) is 0 Å². The summed E-state index contributed by atoms with van der Waals surface area (Å²) in [4.78, 5) is 11.1. The zero-order chi connectivity index (χ0) is 15.4. The molecule has 2 aliphatic rings. The third-order valence-electron chi connectivity index (χ3n) is 5.65. The number of aromatic carboxylic acids is 1. The van der Waals surface area contributed by atoms with Gasteiger partial charge in [-0.3, -0.25) is 0 Å². The Bertz CT molecular complexity index is 592. The molecular weight excluding hydrogens is 268 g/mol. The first-order valence-electron chi connectivity index (χ1n) is 7.51. The van der Waals surface area contributed by atoms with Crippen molar-refractivity contribution in [1.82, 2.24) is 0 Å². The fourth-order valence-electron chi connectivity index (χ4n) is 4.02. The Morgan fingerprint density at radius 2 is 2.05 bits per heavy atom. The molecule has 0 radical (unpaired) electrons. The molecule has 3 atom stereocenters. The van der Waals surface area contributed by atoms with Crippen LogP contribution in [0.25, 0.3) is 0 Å². The number of rotatable bonds is 1. The molecule has 0 amide bonds. The zero-order valence-corrected chi connectivity index (χ0v) is 12.7. The maximum Gasteiger partial charge on any atom is 0.335 e. The van der Waals surface area contributed by atoms with Gasteiger partial charge in [0, 0.05) is 11.8 Å². The molecule has 3 rings (SSSR count). The van der Waals surface area contributed by atoms with Gasteiger partial charge in [0.2, 0.25) is 0 Å². The number of carbonyl (C=O) groups is 1. The number of hydrogen-bond acceptors (Lipinski definition) is 3. The maximum absolute atomic E-state index is 11.1. The first-order valence-corrected chi connectivity index (χ1v) is 7.51. The van der Waals surface area contributed by atoms with Crippen molar-refractivity contribution in [3.05, 3.63) is 29.3 Å². The van der Waals surface area contributed by atoms with E-state index in [1.807, 2.05) is 0 Å². The molecule has 0 bridgehead atoms. The molecule has 1 heterocycles. The van der Waals surface area contributed by atoms with E-state index in [2.05, 4.69) is 20.8 Å². The molecule has 2 N–H and O–H groups in total. The average Bonchev–Trinajstić information content (AvgIpc) is 2.82. The highest BCUT2D eigenvalue weighted by Crippen LogP contribution is 2.55. The lowest BCUT2D eigenvalue weighted by molar-refractivity contribution is -0.156. The molecule has 1 saturated carbocycles. The van der Waals surface area contributed by atoms with Gasteiger partial charge >= 0.3 is 5.97 Å². The Hall–Kier alpha value is -1.55. The number of hydrogen-bond donors (Lipinski definition) is 2. The number of aliphatic hydroxyl groups is 1. The summed E-state index contributed by atoms with van der Waals surface area (Å²) in [6.45, 7) is 6.27. The van der Waals surface area contributed by atoms with Crippen molar-refractivity contribution in [1.29, 1.82) is 0 Å². The van der Waals surface area contributed by atoms with E-state index in [0.29, 0.717) is 12.3 Å². The highest BCUT2D eigenvalue weighted by atomic mass is 16.5. The molecule has 1 aromatic rings. The Kier molecular flexibility index (Phi) is 3.06. The van der Waals surface area contributed by atoms with Gasteiger partial charge in [-0.05, 0) is 42.5 Å². The Morgan fingerprint density at radius 1 is 1.33 bits per heavy atom. The van der Waals surface area contributed by atoms with Crippen LogP contribution in [0.2, 0.25) is 0 Å². The molecule has 1 aliphatic heterocycles. The molecule has 1 spiro atoms. The smallest absolute Gasteiger partial charge is 0.335 e. The van der Waals surface area contributed by atoms with Gasteiger partial charge in [0.1, 0.15) is 11.4 Å². The van der Waals surface area contributed by atoms with Crippen molar-refractivity contribution in [2.24, 2.45) is 11.3 Å². The van der Waals surface area contributed by atoms with Gasteiger partial charge in [0.15, 0.2) is 0 Å². The lowest BCUT2D eigenvalue weighted by atomic mass is 9.58. The molecule has 1 aromatic carbocycles. The van der Waals surface area contributed by atoms with E-state index in [4.69, 9.17) is 9.84 Å². The Morgan fingerprint density at radius 3 is 2.71 bits per heavy atom. The van der Waals surface area contributed by atoms with E-state index in [1.54, 1.807) is 18.2 Å². The number of ether oxygens (including phenoxy) is 1. The molecule has 0 saturated heterocycles. The van der Waals surface area contributed by atoms with Crippen molar-refractivity contribution < 1.29 is 19.7 Å². The lowest BCUT2D eigenvalue weighted by Crippen LogP contribution is -2.61. The van der Waals surface area contributed by atoms with Gasteiger partial charge in [0.05, 0.1) is 11.7 Å². The summed E-state index contributed by atoms with van der Waals surface area (Å²) in [6, 6.07) is 5.03. The van der Waals surface area contributed by atoms with E-state index in [9.17, 15) is 9.90 Å². The summed E-state index contributed by atoms with van der Waals surface area (Å²) in [5, 5.41) is 19.6. The summed E-state index contributed by atoms with van der Waals surface area (Å²) in [5.74, 6) is 0.153. The number of fused-ring (bicyclic) bond motifs is 1. The Labute approximate surface area is 124 Å². The second kappa shape index (κ2) is 4.47. The van der Waals surface area contributed by atoms with E-state index >= 15 is 0 Å². The van der Waals surface area contributed by atoms with Crippen LogP contribution in [-0.2, 0) is 6.42 Å². The van der Waals surface area contributed by atoms with Crippen molar-refractivity contribution in [3.8, 4) is 5.75 Å². The number of benzene rings is 1. The molecule has 21 heavy (non-hydrogen) atoms. The van der Waals surface area contributed by atoms with Crippen molar-refractivity contribution >= 4 is 5.97 Å². The topological polar surface area (TPSA) is 66.8 Å². The van der Waals surface area contributed by atoms with Crippen LogP contribution in [0.3, 0.4) is 0 Å². The average molecular weight is 290 g/mol. The normalized spacial score (nSPS) is 33.5. The third kappa shape index (κ3) is 1.89. The number of aliphatic hydroxyl groups excluding tert-OH is 1. The molecular formula is C17H22O4. The molecule has 0 aromatic heterocycles. The second-order valence-corrected chi connectivity index (χ2v) is 7.01. The molecule has 1 fully saturated rings. The van der Waals surface area contributed by atoms with Gasteiger partial charge in [-0.2, -0.15) is 0 Å². The molecule has 1 aliphatic carbocycles. The van der Waals surface area contributed by atoms with Crippen LogP contribution < -0.4 is 4.74 Å². The van der Waals surface area contributed by atoms with Crippen LogP contribution in [0, 0.1) is 11.3 Å². The minimum atomic E-state index is -0.922. The van der Waals surface area contributed by atoms with Gasteiger partial charge in [-0.25, -0.2) is 4.79 Å². The zero-order valence-electron chi connectivity index (χ0n) is 12.7. The first kappa shape index (κ1) is 14.4. The highest BCUT2D eigenvalue weighted by molar-refractivity contribution is 5.88. The molecule has 4 nitrogen and oxygen atoms in total. The van der Waals surface area contributed by atoms with Crippen LogP contribution in [0.4, 0.5) is 0 Å². The summed E-state index contributed by atoms with van der Waals surface area (Å²) >= 11 is 0. The van der Waals surface area contributed by atoms with Crippen molar-refractivity contribution in [3.63, 3.8) is 0 Å². The lowest BCUT2D eigenvalue weighted by Gasteiger charge is -2.53. The van der Waals surface area contributed by atoms with Crippen LogP contribution in [0.1, 0.15) is 49.5 Å². The van der Waals surface area contributed by atoms with E-state index < -0.39 is 17.7 Å². The van der Waals surface area contributed by atoms with Gasteiger partial charge in [-0.15, -0.1) is 0 Å². The van der Waals surface area contributed by atoms with Crippen LogP contribution in [0.5, 0.6) is 5.75 Å². The number of carboxylic acid groups (broad SMARTS) is 1. The third-order valence-corrected chi connectivity index (χ3v) is 5.65. The SMILES string of the molecule is CC1CCC(O)C(C)(C)C12Cc1cc(C(=O)O)ccc1O2. The fourth-order valence-corrected chi connectivity index (χ4v) is 4.02. The first-order chi connectivity index (χ1) is 9.78. The second-order valence-electron chi connectivity index (χ2n) is 7.01. The standard InChI is InChI=1S/C17H22O4/c1-10-4-7-14(18)16(2,3)17(10)9-12-8-11(15(19)20)5-6-13(12)21-17/h5-6,8,10,14,18H,4,7,9H2,1-3H3,(H,19,20). The summed E-state index contributed by atoms with van der Waals surface area (Å²) < 4.78 is 6.32. The molecule has 4 heteroatoms. The largest absolute Gasteiger partial charge is 0.486 e. The summed E-state index contributed by atoms with van der Waals surface area (Å²) in [5.41, 5.74) is 0.400. The monoisotopic (exact) mass is 290 g/mol. The number of carboxylic acids is 1. The van der Waals surface area contributed by atoms with E-state index in [-0.39, 0.29) is 11.0 Å². The highest BCUT2D eigenvalue weighted by Gasteiger charge is 2.59. The van der Waals surface area contributed by atoms with Crippen molar-refractivity contribution in [2.45, 2.75) is 51.7 Å². The Balaban J connectivity index is 2.03. The fraction of sp³-hybridized carbons (Fsp3) is 0.588. The summed E-state index contributed by atoms with van der Waals surface area (Å²) in [6.07, 6.45) is 1.97. The van der Waals surface area contributed by atoms with Crippen LogP contribution in [-0.4, -0.2) is 27.9 Å². The predicted molar refractivity (Wildman–Crippen MR) is 78.7 cm³/mol. The quantitative estimate of drug-likeness (QED) is 0.834. The molecule has 3 unspecified atom stereocenters.